The molecule has 0 aliphatic rings. The normalized spacial score (nSPS) is 12.1. The number of carboxylic acid groups (broad SMARTS) is 1. The summed E-state index contributed by atoms with van der Waals surface area (Å²) in [4.78, 5) is 26.6. The van der Waals surface area contributed by atoms with Gasteiger partial charge in [-0.05, 0) is 18.4 Å². The van der Waals surface area contributed by atoms with Crippen molar-refractivity contribution in [2.75, 3.05) is 6.67 Å². The number of aryl methyl sites for hydroxylation is 1. The standard InChI is InChI=1S/C13H13FN2O4S/c1-7-9(4-11(17)15-10(5-14)13(18)19)16-12(20-7)8-2-3-21-6-8/h2-3,6,10H,4-5H2,1H3,(H,15,17)(H,18,19). The Labute approximate surface area is 123 Å². The van der Waals surface area contributed by atoms with Crippen LogP contribution in [0.1, 0.15) is 11.5 Å². The minimum Gasteiger partial charge on any atom is -0.480 e. The van der Waals surface area contributed by atoms with Gasteiger partial charge in [-0.15, -0.1) is 0 Å². The van der Waals surface area contributed by atoms with E-state index in [2.05, 4.69) is 10.3 Å². The Bertz CT molecular complexity index is 639. The topological polar surface area (TPSA) is 92.4 Å². The van der Waals surface area contributed by atoms with Crippen molar-refractivity contribution in [2.24, 2.45) is 0 Å². The fraction of sp³-hybridized carbons (Fsp3) is 0.308. The summed E-state index contributed by atoms with van der Waals surface area (Å²) in [6.45, 7) is 0.494. The minimum atomic E-state index is -1.54. The van der Waals surface area contributed by atoms with Crippen molar-refractivity contribution in [3.8, 4) is 11.5 Å². The predicted molar refractivity (Wildman–Crippen MR) is 73.8 cm³/mol. The zero-order valence-corrected chi connectivity index (χ0v) is 11.9. The second kappa shape index (κ2) is 6.49. The second-order valence-corrected chi connectivity index (χ2v) is 5.10. The predicted octanol–water partition coefficient (Wildman–Crippen LogP) is 1.79. The van der Waals surface area contributed by atoms with Crippen LogP contribution in [0.15, 0.2) is 21.2 Å². The Morgan fingerprint density at radius 2 is 2.33 bits per heavy atom. The lowest BCUT2D eigenvalue weighted by atomic mass is 10.2. The van der Waals surface area contributed by atoms with Gasteiger partial charge in [0.1, 0.15) is 12.4 Å². The maximum Gasteiger partial charge on any atom is 0.328 e. The average molecular weight is 312 g/mol. The molecular weight excluding hydrogens is 299 g/mol. The summed E-state index contributed by atoms with van der Waals surface area (Å²) in [6.07, 6.45) is -0.163. The summed E-state index contributed by atoms with van der Waals surface area (Å²) in [6, 6.07) is 0.296. The SMILES string of the molecule is Cc1oc(-c2ccsc2)nc1CC(=O)NC(CF)C(=O)O. The van der Waals surface area contributed by atoms with E-state index in [1.165, 1.54) is 11.3 Å². The van der Waals surface area contributed by atoms with Crippen molar-refractivity contribution in [2.45, 2.75) is 19.4 Å². The Morgan fingerprint density at radius 1 is 1.57 bits per heavy atom. The van der Waals surface area contributed by atoms with E-state index in [0.29, 0.717) is 17.3 Å². The molecule has 1 atom stereocenters. The Morgan fingerprint density at radius 3 is 2.90 bits per heavy atom. The van der Waals surface area contributed by atoms with Gasteiger partial charge in [-0.25, -0.2) is 14.2 Å². The molecule has 0 saturated carbocycles. The lowest BCUT2D eigenvalue weighted by molar-refractivity contribution is -0.142. The van der Waals surface area contributed by atoms with Crippen molar-refractivity contribution in [1.82, 2.24) is 10.3 Å². The number of carbonyl (C=O) groups excluding carboxylic acids is 1. The second-order valence-electron chi connectivity index (χ2n) is 4.32. The first kappa shape index (κ1) is 15.2. The fourth-order valence-electron chi connectivity index (χ4n) is 1.67. The third-order valence-corrected chi connectivity index (χ3v) is 3.46. The van der Waals surface area contributed by atoms with E-state index >= 15 is 0 Å². The number of carbonyl (C=O) groups is 2. The van der Waals surface area contributed by atoms with Crippen LogP contribution in [-0.4, -0.2) is 34.7 Å². The first-order valence-electron chi connectivity index (χ1n) is 6.08. The van der Waals surface area contributed by atoms with Gasteiger partial charge in [-0.2, -0.15) is 11.3 Å². The van der Waals surface area contributed by atoms with E-state index < -0.39 is 24.6 Å². The summed E-state index contributed by atoms with van der Waals surface area (Å²) >= 11 is 1.49. The molecule has 1 amide bonds. The number of alkyl halides is 1. The number of hydrogen-bond donors (Lipinski definition) is 2. The molecule has 2 N–H and O–H groups in total. The van der Waals surface area contributed by atoms with E-state index in [1.807, 2.05) is 16.8 Å². The molecule has 2 aromatic heterocycles. The summed E-state index contributed by atoms with van der Waals surface area (Å²) < 4.78 is 17.9. The third-order valence-electron chi connectivity index (χ3n) is 2.78. The van der Waals surface area contributed by atoms with E-state index in [-0.39, 0.29) is 6.42 Å². The van der Waals surface area contributed by atoms with Gasteiger partial charge in [0, 0.05) is 10.9 Å². The Kier molecular flexibility index (Phi) is 4.69. The van der Waals surface area contributed by atoms with Crippen LogP contribution in [0.25, 0.3) is 11.5 Å². The summed E-state index contributed by atoms with van der Waals surface area (Å²) in [5, 5.41) is 14.5. The highest BCUT2D eigenvalue weighted by molar-refractivity contribution is 7.08. The van der Waals surface area contributed by atoms with Gasteiger partial charge in [0.2, 0.25) is 11.8 Å². The minimum absolute atomic E-state index is 0.163. The number of amides is 1. The van der Waals surface area contributed by atoms with Gasteiger partial charge in [0.05, 0.1) is 12.1 Å². The molecule has 0 spiro atoms. The highest BCUT2D eigenvalue weighted by atomic mass is 32.1. The molecule has 112 valence electrons. The summed E-state index contributed by atoms with van der Waals surface area (Å²) in [7, 11) is 0. The van der Waals surface area contributed by atoms with Gasteiger partial charge >= 0.3 is 5.97 Å². The molecule has 2 rings (SSSR count). The van der Waals surface area contributed by atoms with Gasteiger partial charge in [0.15, 0.2) is 6.04 Å². The largest absolute Gasteiger partial charge is 0.480 e. The first-order valence-corrected chi connectivity index (χ1v) is 7.02. The molecule has 0 aromatic carbocycles. The van der Waals surface area contributed by atoms with Crippen molar-refractivity contribution >= 4 is 23.2 Å². The number of nitrogens with one attached hydrogen (secondary N) is 1. The van der Waals surface area contributed by atoms with Crippen molar-refractivity contribution < 1.29 is 23.5 Å². The lowest BCUT2D eigenvalue weighted by Gasteiger charge is -2.09. The summed E-state index contributed by atoms with van der Waals surface area (Å²) in [5.41, 5.74) is 1.21. The van der Waals surface area contributed by atoms with E-state index in [9.17, 15) is 14.0 Å². The number of aromatic nitrogens is 1. The number of rotatable bonds is 6. The van der Waals surface area contributed by atoms with Crippen LogP contribution in [0, 0.1) is 6.92 Å². The molecule has 2 aromatic rings. The van der Waals surface area contributed by atoms with Crippen LogP contribution in [0.3, 0.4) is 0 Å². The van der Waals surface area contributed by atoms with Gasteiger partial charge in [-0.1, -0.05) is 0 Å². The highest BCUT2D eigenvalue weighted by Gasteiger charge is 2.21. The van der Waals surface area contributed by atoms with Crippen molar-refractivity contribution in [1.29, 1.82) is 0 Å². The Balaban J connectivity index is 2.06. The molecule has 0 bridgehead atoms. The zero-order chi connectivity index (χ0) is 15.4. The molecular formula is C13H13FN2O4S. The number of halogens is 1. The molecule has 6 nitrogen and oxygen atoms in total. The maximum absolute atomic E-state index is 12.4. The van der Waals surface area contributed by atoms with Gasteiger partial charge in [-0.3, -0.25) is 4.79 Å². The third kappa shape index (κ3) is 3.66. The smallest absolute Gasteiger partial charge is 0.328 e. The monoisotopic (exact) mass is 312 g/mol. The lowest BCUT2D eigenvalue weighted by Crippen LogP contribution is -2.43. The molecule has 8 heteroatoms. The fourth-order valence-corrected chi connectivity index (χ4v) is 2.30. The molecule has 1 unspecified atom stereocenters. The number of thiophene rings is 1. The maximum atomic E-state index is 12.4. The van der Waals surface area contributed by atoms with Crippen LogP contribution < -0.4 is 5.32 Å². The number of carboxylic acids is 1. The average Bonchev–Trinajstić information content (AvgIpc) is 3.06. The Hall–Kier alpha value is -2.22. The first-order chi connectivity index (χ1) is 10.0. The number of hydrogen-bond acceptors (Lipinski definition) is 5. The summed E-state index contributed by atoms with van der Waals surface area (Å²) in [5.74, 6) is -1.16. The number of nitrogens with zero attached hydrogens (tertiary/aromatic N) is 1. The van der Waals surface area contributed by atoms with Crippen LogP contribution in [0.5, 0.6) is 0 Å². The van der Waals surface area contributed by atoms with Crippen molar-refractivity contribution in [3.63, 3.8) is 0 Å². The molecule has 0 saturated heterocycles. The quantitative estimate of drug-likeness (QED) is 0.848. The van der Waals surface area contributed by atoms with Crippen molar-refractivity contribution in [3.05, 3.63) is 28.3 Å². The van der Waals surface area contributed by atoms with Gasteiger partial charge in [0.25, 0.3) is 0 Å². The van der Waals surface area contributed by atoms with E-state index in [4.69, 9.17) is 9.52 Å². The molecule has 21 heavy (non-hydrogen) atoms. The van der Waals surface area contributed by atoms with E-state index in [0.717, 1.165) is 5.56 Å². The van der Waals surface area contributed by atoms with Crippen LogP contribution >= 0.6 is 11.3 Å². The molecule has 0 fully saturated rings. The zero-order valence-electron chi connectivity index (χ0n) is 11.1. The molecule has 0 radical (unpaired) electrons. The van der Waals surface area contributed by atoms with Crippen LogP contribution in [0.4, 0.5) is 4.39 Å². The number of aliphatic carboxylic acids is 1. The number of oxazole rings is 1. The van der Waals surface area contributed by atoms with Crippen LogP contribution in [0.2, 0.25) is 0 Å². The molecule has 0 aliphatic carbocycles. The highest BCUT2D eigenvalue weighted by Crippen LogP contribution is 2.23. The van der Waals surface area contributed by atoms with Crippen LogP contribution in [-0.2, 0) is 16.0 Å². The van der Waals surface area contributed by atoms with Gasteiger partial charge < -0.3 is 14.8 Å². The molecule has 0 aliphatic heterocycles. The van der Waals surface area contributed by atoms with E-state index in [1.54, 1.807) is 6.92 Å². The molecule has 2 heterocycles.